The third-order valence-corrected chi connectivity index (χ3v) is 5.09. The molecule has 152 valence electrons. The summed E-state index contributed by atoms with van der Waals surface area (Å²) in [6, 6.07) is 9.41. The molecule has 0 bridgehead atoms. The van der Waals surface area contributed by atoms with E-state index >= 15 is 0 Å². The number of benzene rings is 1. The van der Waals surface area contributed by atoms with Crippen LogP contribution in [0.2, 0.25) is 0 Å². The van der Waals surface area contributed by atoms with Crippen LogP contribution in [0, 0.1) is 0 Å². The van der Waals surface area contributed by atoms with E-state index in [4.69, 9.17) is 0 Å². The standard InChI is InChI=1S/C21H21F3N4O/c1-13(27-20(29)8-14-2-4-15(5-3-14)16-6-7-16)18-9-17-10-26-28(12-21(22,23)24)19(17)11-25-18/h2-5,9-11,13,16H,6-8,12H2,1H3,(H,27,29)/t13-/m1/s1. The Labute approximate surface area is 165 Å². The van der Waals surface area contributed by atoms with Gasteiger partial charge in [0.25, 0.3) is 0 Å². The molecule has 0 spiro atoms. The highest BCUT2D eigenvalue weighted by Gasteiger charge is 2.29. The summed E-state index contributed by atoms with van der Waals surface area (Å²) in [6.45, 7) is 0.631. The number of halogens is 3. The second-order valence-corrected chi connectivity index (χ2v) is 7.57. The maximum absolute atomic E-state index is 12.6. The minimum atomic E-state index is -4.35. The number of amides is 1. The van der Waals surface area contributed by atoms with Crippen LogP contribution in [-0.2, 0) is 17.8 Å². The fourth-order valence-electron chi connectivity index (χ4n) is 3.40. The van der Waals surface area contributed by atoms with Gasteiger partial charge in [-0.15, -0.1) is 0 Å². The lowest BCUT2D eigenvalue weighted by atomic mass is 10.1. The second-order valence-electron chi connectivity index (χ2n) is 7.57. The molecule has 5 nitrogen and oxygen atoms in total. The highest BCUT2D eigenvalue weighted by molar-refractivity contribution is 5.80. The fourth-order valence-corrected chi connectivity index (χ4v) is 3.40. The summed E-state index contributed by atoms with van der Waals surface area (Å²) in [7, 11) is 0. The number of hydrogen-bond acceptors (Lipinski definition) is 3. The molecule has 1 amide bonds. The average molecular weight is 402 g/mol. The zero-order valence-corrected chi connectivity index (χ0v) is 15.9. The molecule has 1 aliphatic rings. The molecular weight excluding hydrogens is 381 g/mol. The summed E-state index contributed by atoms with van der Waals surface area (Å²) >= 11 is 0. The maximum Gasteiger partial charge on any atom is 0.408 e. The van der Waals surface area contributed by atoms with Gasteiger partial charge in [-0.05, 0) is 42.9 Å². The van der Waals surface area contributed by atoms with Crippen molar-refractivity contribution in [3.63, 3.8) is 0 Å². The summed E-state index contributed by atoms with van der Waals surface area (Å²) < 4.78 is 38.7. The third-order valence-electron chi connectivity index (χ3n) is 5.09. The molecule has 1 aromatic carbocycles. The minimum absolute atomic E-state index is 0.133. The number of nitrogens with zero attached hydrogens (tertiary/aromatic N) is 3. The van der Waals surface area contributed by atoms with E-state index in [0.717, 1.165) is 10.2 Å². The Morgan fingerprint density at radius 3 is 2.62 bits per heavy atom. The van der Waals surface area contributed by atoms with E-state index in [1.54, 1.807) is 13.0 Å². The first-order valence-electron chi connectivity index (χ1n) is 9.55. The van der Waals surface area contributed by atoms with Crippen molar-refractivity contribution in [2.24, 2.45) is 0 Å². The molecule has 2 aromatic heterocycles. The van der Waals surface area contributed by atoms with E-state index in [1.807, 2.05) is 12.1 Å². The SMILES string of the molecule is C[C@@H](NC(=O)Cc1ccc(C2CC2)cc1)c1cc2cnn(CC(F)(F)F)c2cn1. The first kappa shape index (κ1) is 19.4. The topological polar surface area (TPSA) is 59.8 Å². The van der Waals surface area contributed by atoms with Crippen molar-refractivity contribution in [3.8, 4) is 0 Å². The van der Waals surface area contributed by atoms with Gasteiger partial charge in [-0.3, -0.25) is 14.5 Å². The molecular formula is C21H21F3N4O. The van der Waals surface area contributed by atoms with Crippen LogP contribution in [0.4, 0.5) is 13.2 Å². The van der Waals surface area contributed by atoms with E-state index in [0.29, 0.717) is 22.5 Å². The summed E-state index contributed by atoms with van der Waals surface area (Å²) in [5.41, 5.74) is 3.14. The van der Waals surface area contributed by atoms with Gasteiger partial charge >= 0.3 is 6.18 Å². The van der Waals surface area contributed by atoms with Gasteiger partial charge in [-0.25, -0.2) is 0 Å². The lowest BCUT2D eigenvalue weighted by molar-refractivity contribution is -0.141. The summed E-state index contributed by atoms with van der Waals surface area (Å²) in [4.78, 5) is 16.6. The number of nitrogens with one attached hydrogen (secondary N) is 1. The molecule has 3 aromatic rings. The van der Waals surface area contributed by atoms with Gasteiger partial charge in [0, 0.05) is 5.39 Å². The Balaban J connectivity index is 1.40. The molecule has 8 heteroatoms. The molecule has 29 heavy (non-hydrogen) atoms. The monoisotopic (exact) mass is 402 g/mol. The Bertz CT molecular complexity index is 1020. The van der Waals surface area contributed by atoms with Crippen molar-refractivity contribution >= 4 is 16.8 Å². The second kappa shape index (κ2) is 7.50. The fraction of sp³-hybridized carbons (Fsp3) is 0.381. The highest BCUT2D eigenvalue weighted by atomic mass is 19.4. The molecule has 4 rings (SSSR count). The third kappa shape index (κ3) is 4.75. The van der Waals surface area contributed by atoms with Gasteiger partial charge < -0.3 is 5.32 Å². The molecule has 1 saturated carbocycles. The van der Waals surface area contributed by atoms with Gasteiger partial charge in [0.15, 0.2) is 0 Å². The number of pyridine rings is 1. The normalized spacial score (nSPS) is 15.4. The molecule has 0 aliphatic heterocycles. The summed E-state index contributed by atoms with van der Waals surface area (Å²) in [5.74, 6) is 0.547. The molecule has 0 radical (unpaired) electrons. The van der Waals surface area contributed by atoms with Crippen LogP contribution in [0.1, 0.15) is 48.5 Å². The Hall–Kier alpha value is -2.90. The van der Waals surface area contributed by atoms with Gasteiger partial charge in [-0.1, -0.05) is 24.3 Å². The Morgan fingerprint density at radius 2 is 1.97 bits per heavy atom. The first-order valence-corrected chi connectivity index (χ1v) is 9.55. The number of carbonyl (C=O) groups excluding carboxylic acids is 1. The van der Waals surface area contributed by atoms with Crippen LogP contribution in [0.25, 0.3) is 10.9 Å². The van der Waals surface area contributed by atoms with Crippen LogP contribution in [0.3, 0.4) is 0 Å². The van der Waals surface area contributed by atoms with Crippen LogP contribution < -0.4 is 5.32 Å². The number of alkyl halides is 3. The lowest BCUT2D eigenvalue weighted by Gasteiger charge is -2.14. The molecule has 2 heterocycles. The average Bonchev–Trinajstić information content (AvgIpc) is 3.43. The number of hydrogen-bond donors (Lipinski definition) is 1. The molecule has 0 saturated heterocycles. The van der Waals surface area contributed by atoms with Gasteiger partial charge in [0.2, 0.25) is 5.91 Å². The smallest absolute Gasteiger partial charge is 0.348 e. The first-order chi connectivity index (χ1) is 13.8. The zero-order valence-electron chi connectivity index (χ0n) is 15.9. The number of fused-ring (bicyclic) bond motifs is 1. The highest BCUT2D eigenvalue weighted by Crippen LogP contribution is 2.39. The van der Waals surface area contributed by atoms with Crippen LogP contribution >= 0.6 is 0 Å². The van der Waals surface area contributed by atoms with E-state index in [2.05, 4.69) is 27.5 Å². The van der Waals surface area contributed by atoms with E-state index in [-0.39, 0.29) is 18.4 Å². The van der Waals surface area contributed by atoms with Crippen molar-refractivity contribution < 1.29 is 18.0 Å². The molecule has 0 unspecified atom stereocenters. The van der Waals surface area contributed by atoms with E-state index in [9.17, 15) is 18.0 Å². The van der Waals surface area contributed by atoms with Crippen molar-refractivity contribution in [1.29, 1.82) is 0 Å². The van der Waals surface area contributed by atoms with Gasteiger partial charge in [0.1, 0.15) is 6.54 Å². The predicted octanol–water partition coefficient (Wildman–Crippen LogP) is 4.29. The van der Waals surface area contributed by atoms with Crippen LogP contribution in [0.5, 0.6) is 0 Å². The Morgan fingerprint density at radius 1 is 1.24 bits per heavy atom. The van der Waals surface area contributed by atoms with Crippen molar-refractivity contribution in [1.82, 2.24) is 20.1 Å². The van der Waals surface area contributed by atoms with E-state index in [1.165, 1.54) is 30.8 Å². The molecule has 1 N–H and O–H groups in total. The van der Waals surface area contributed by atoms with Crippen molar-refractivity contribution in [3.05, 3.63) is 59.5 Å². The maximum atomic E-state index is 12.6. The Kier molecular flexibility index (Phi) is 5.02. The van der Waals surface area contributed by atoms with Crippen molar-refractivity contribution in [2.45, 2.75) is 50.9 Å². The number of carbonyl (C=O) groups is 1. The van der Waals surface area contributed by atoms with Crippen molar-refractivity contribution in [2.75, 3.05) is 0 Å². The lowest BCUT2D eigenvalue weighted by Crippen LogP contribution is -2.28. The molecule has 1 atom stereocenters. The molecule has 1 fully saturated rings. The van der Waals surface area contributed by atoms with E-state index < -0.39 is 12.7 Å². The zero-order chi connectivity index (χ0) is 20.6. The van der Waals surface area contributed by atoms with Gasteiger partial charge in [0.05, 0.1) is 36.1 Å². The largest absolute Gasteiger partial charge is 0.408 e. The predicted molar refractivity (Wildman–Crippen MR) is 102 cm³/mol. The number of rotatable bonds is 6. The summed E-state index contributed by atoms with van der Waals surface area (Å²) in [6.07, 6.45) is 1.13. The number of aromatic nitrogens is 3. The summed E-state index contributed by atoms with van der Waals surface area (Å²) in [5, 5.41) is 7.24. The molecule has 1 aliphatic carbocycles. The van der Waals surface area contributed by atoms with Crippen LogP contribution in [0.15, 0.2) is 42.7 Å². The minimum Gasteiger partial charge on any atom is -0.348 e. The van der Waals surface area contributed by atoms with Crippen LogP contribution in [-0.4, -0.2) is 26.8 Å². The van der Waals surface area contributed by atoms with Gasteiger partial charge in [-0.2, -0.15) is 18.3 Å². The quantitative estimate of drug-likeness (QED) is 0.669.